The van der Waals surface area contributed by atoms with E-state index in [9.17, 15) is 18.0 Å². The van der Waals surface area contributed by atoms with Crippen molar-refractivity contribution in [1.82, 2.24) is 0 Å². The molecule has 15 heavy (non-hydrogen) atoms. The highest BCUT2D eigenvalue weighted by Crippen LogP contribution is 2.37. The molecule has 0 aromatic heterocycles. The van der Waals surface area contributed by atoms with Crippen LogP contribution >= 0.6 is 0 Å². The second-order valence-electron chi connectivity index (χ2n) is 3.28. The molecule has 0 atom stereocenters. The molecule has 0 aliphatic rings. The molecule has 0 spiro atoms. The minimum absolute atomic E-state index is 0.282. The second-order valence-corrected chi connectivity index (χ2v) is 3.28. The Bertz CT molecular complexity index is 410. The van der Waals surface area contributed by atoms with Gasteiger partial charge in [0.05, 0.1) is 5.56 Å². The van der Waals surface area contributed by atoms with Gasteiger partial charge in [-0.15, -0.1) is 0 Å². The molecule has 0 radical (unpaired) electrons. The minimum atomic E-state index is -4.60. The van der Waals surface area contributed by atoms with Crippen molar-refractivity contribution in [3.63, 3.8) is 0 Å². The van der Waals surface area contributed by atoms with E-state index in [1.807, 2.05) is 0 Å². The molecule has 0 aliphatic carbocycles. The van der Waals surface area contributed by atoms with Crippen LogP contribution in [-0.4, -0.2) is 5.78 Å². The van der Waals surface area contributed by atoms with E-state index >= 15 is 0 Å². The van der Waals surface area contributed by atoms with Gasteiger partial charge in [0.1, 0.15) is 0 Å². The number of nitrogen functional groups attached to an aromatic ring is 1. The van der Waals surface area contributed by atoms with Crippen LogP contribution in [0, 0.1) is 6.92 Å². The Morgan fingerprint density at radius 3 is 2.20 bits per heavy atom. The monoisotopic (exact) mass is 217 g/mol. The first-order chi connectivity index (χ1) is 6.75. The van der Waals surface area contributed by atoms with Crippen molar-refractivity contribution in [2.24, 2.45) is 0 Å². The van der Waals surface area contributed by atoms with Crippen LogP contribution in [0.4, 0.5) is 18.9 Å². The summed E-state index contributed by atoms with van der Waals surface area (Å²) < 4.78 is 37.9. The van der Waals surface area contributed by atoms with Gasteiger partial charge < -0.3 is 5.73 Å². The highest BCUT2D eigenvalue weighted by molar-refractivity contribution is 5.98. The lowest BCUT2D eigenvalue weighted by atomic mass is 9.97. The second kappa shape index (κ2) is 3.56. The van der Waals surface area contributed by atoms with Gasteiger partial charge in [-0.2, -0.15) is 13.2 Å². The smallest absolute Gasteiger partial charge is 0.398 e. The van der Waals surface area contributed by atoms with Crippen LogP contribution in [0.2, 0.25) is 0 Å². The molecular weight excluding hydrogens is 207 g/mol. The van der Waals surface area contributed by atoms with Crippen LogP contribution in [0.15, 0.2) is 12.1 Å². The number of hydrogen-bond donors (Lipinski definition) is 1. The largest absolute Gasteiger partial charge is 0.419 e. The van der Waals surface area contributed by atoms with Gasteiger partial charge in [0.2, 0.25) is 0 Å². The zero-order chi connectivity index (χ0) is 11.8. The van der Waals surface area contributed by atoms with Gasteiger partial charge in [-0.1, -0.05) is 6.07 Å². The molecule has 0 amide bonds. The number of Topliss-reactive ketones (excluding diaryl/α,β-unsaturated/α-hetero) is 1. The molecule has 0 unspecified atom stereocenters. The summed E-state index contributed by atoms with van der Waals surface area (Å²) in [5.74, 6) is -0.632. The van der Waals surface area contributed by atoms with Crippen molar-refractivity contribution < 1.29 is 18.0 Å². The highest BCUT2D eigenvalue weighted by atomic mass is 19.4. The van der Waals surface area contributed by atoms with E-state index in [0.29, 0.717) is 0 Å². The summed E-state index contributed by atoms with van der Waals surface area (Å²) in [5, 5.41) is 0. The molecule has 1 rings (SSSR count). The van der Waals surface area contributed by atoms with Gasteiger partial charge in [0.25, 0.3) is 0 Å². The summed E-state index contributed by atoms with van der Waals surface area (Å²) in [6.07, 6.45) is -4.60. The summed E-state index contributed by atoms with van der Waals surface area (Å²) in [4.78, 5) is 11.1. The zero-order valence-corrected chi connectivity index (χ0v) is 8.27. The zero-order valence-electron chi connectivity index (χ0n) is 8.27. The van der Waals surface area contributed by atoms with Crippen LogP contribution < -0.4 is 5.73 Å². The number of carbonyl (C=O) groups excluding carboxylic acids is 1. The highest BCUT2D eigenvalue weighted by Gasteiger charge is 2.37. The van der Waals surface area contributed by atoms with Crippen molar-refractivity contribution in [1.29, 1.82) is 0 Å². The van der Waals surface area contributed by atoms with Gasteiger partial charge in [-0.05, 0) is 25.5 Å². The Morgan fingerprint density at radius 1 is 1.33 bits per heavy atom. The van der Waals surface area contributed by atoms with E-state index < -0.39 is 23.2 Å². The third kappa shape index (κ3) is 2.11. The van der Waals surface area contributed by atoms with Crippen molar-refractivity contribution in [3.8, 4) is 0 Å². The van der Waals surface area contributed by atoms with E-state index in [1.54, 1.807) is 0 Å². The summed E-state index contributed by atoms with van der Waals surface area (Å²) in [7, 11) is 0. The van der Waals surface area contributed by atoms with E-state index in [-0.39, 0.29) is 11.1 Å². The molecule has 1 aromatic carbocycles. The molecule has 0 saturated carbocycles. The maximum absolute atomic E-state index is 12.6. The van der Waals surface area contributed by atoms with Gasteiger partial charge in [0, 0.05) is 11.3 Å². The predicted molar refractivity (Wildman–Crippen MR) is 50.6 cm³/mol. The average molecular weight is 217 g/mol. The minimum Gasteiger partial charge on any atom is -0.398 e. The number of nitrogens with two attached hydrogens (primary N) is 1. The fraction of sp³-hybridized carbons (Fsp3) is 0.300. The Kier molecular flexibility index (Phi) is 2.75. The first-order valence-corrected chi connectivity index (χ1v) is 4.22. The molecule has 0 aliphatic heterocycles. The Balaban J connectivity index is 3.60. The summed E-state index contributed by atoms with van der Waals surface area (Å²) in [6.45, 7) is 2.54. The van der Waals surface area contributed by atoms with E-state index in [1.165, 1.54) is 13.0 Å². The molecule has 0 heterocycles. The Labute approximate surface area is 84.9 Å². The molecule has 5 heteroatoms. The number of halogens is 3. The summed E-state index contributed by atoms with van der Waals surface area (Å²) in [6, 6.07) is 2.56. The van der Waals surface area contributed by atoms with Crippen molar-refractivity contribution >= 4 is 11.5 Å². The van der Waals surface area contributed by atoms with Crippen LogP contribution in [0.3, 0.4) is 0 Å². The third-order valence-corrected chi connectivity index (χ3v) is 2.08. The lowest BCUT2D eigenvalue weighted by Crippen LogP contribution is -2.16. The standard InChI is InChI=1S/C10H10F3NO/c1-5-3-4-7(14)9(10(11,12)13)8(5)6(2)15/h3-4H,14H2,1-2H3. The number of benzene rings is 1. The van der Waals surface area contributed by atoms with Crippen molar-refractivity contribution in [2.75, 3.05) is 5.73 Å². The van der Waals surface area contributed by atoms with Crippen LogP contribution in [0.25, 0.3) is 0 Å². The molecule has 2 nitrogen and oxygen atoms in total. The SMILES string of the molecule is CC(=O)c1c(C)ccc(N)c1C(F)(F)F. The fourth-order valence-corrected chi connectivity index (χ4v) is 1.48. The van der Waals surface area contributed by atoms with Gasteiger partial charge in [-0.25, -0.2) is 0 Å². The molecular formula is C10H10F3NO. The van der Waals surface area contributed by atoms with E-state index in [4.69, 9.17) is 5.73 Å². The van der Waals surface area contributed by atoms with Crippen molar-refractivity contribution in [3.05, 3.63) is 28.8 Å². The Morgan fingerprint density at radius 2 is 1.87 bits per heavy atom. The number of alkyl halides is 3. The Hall–Kier alpha value is -1.52. The number of aryl methyl sites for hydroxylation is 1. The number of hydrogen-bond acceptors (Lipinski definition) is 2. The molecule has 1 aromatic rings. The average Bonchev–Trinajstić information content (AvgIpc) is 2.05. The first kappa shape index (κ1) is 11.6. The van der Waals surface area contributed by atoms with E-state index in [0.717, 1.165) is 13.0 Å². The molecule has 0 bridgehead atoms. The maximum atomic E-state index is 12.6. The van der Waals surface area contributed by atoms with Gasteiger partial charge in [0.15, 0.2) is 5.78 Å². The maximum Gasteiger partial charge on any atom is 0.419 e. The van der Waals surface area contributed by atoms with Crippen LogP contribution in [-0.2, 0) is 6.18 Å². The quantitative estimate of drug-likeness (QED) is 0.580. The molecule has 2 N–H and O–H groups in total. The van der Waals surface area contributed by atoms with Crippen LogP contribution in [0.1, 0.15) is 28.4 Å². The van der Waals surface area contributed by atoms with Crippen LogP contribution in [0.5, 0.6) is 0 Å². The molecule has 0 fully saturated rings. The third-order valence-electron chi connectivity index (χ3n) is 2.08. The number of anilines is 1. The number of ketones is 1. The lowest BCUT2D eigenvalue weighted by Gasteiger charge is -2.15. The number of carbonyl (C=O) groups is 1. The van der Waals surface area contributed by atoms with Crippen molar-refractivity contribution in [2.45, 2.75) is 20.0 Å². The molecule has 0 saturated heterocycles. The van der Waals surface area contributed by atoms with E-state index in [2.05, 4.69) is 0 Å². The predicted octanol–water partition coefficient (Wildman–Crippen LogP) is 2.80. The fourth-order valence-electron chi connectivity index (χ4n) is 1.48. The van der Waals surface area contributed by atoms with Gasteiger partial charge in [-0.3, -0.25) is 4.79 Å². The first-order valence-electron chi connectivity index (χ1n) is 4.22. The normalized spacial score (nSPS) is 11.5. The topological polar surface area (TPSA) is 43.1 Å². The summed E-state index contributed by atoms with van der Waals surface area (Å²) >= 11 is 0. The summed E-state index contributed by atoms with van der Waals surface area (Å²) in [5.41, 5.74) is 3.73. The number of rotatable bonds is 1. The molecule has 82 valence electrons. The lowest BCUT2D eigenvalue weighted by molar-refractivity contribution is -0.137. The van der Waals surface area contributed by atoms with Gasteiger partial charge >= 0.3 is 6.18 Å².